The number of hydrogen-bond acceptors (Lipinski definition) is 3. The van der Waals surface area contributed by atoms with Gasteiger partial charge in [-0.15, -0.1) is 0 Å². The van der Waals surface area contributed by atoms with E-state index in [1.165, 1.54) is 0 Å². The van der Waals surface area contributed by atoms with Crippen LogP contribution in [0.5, 0.6) is 0 Å². The molecule has 8 heteroatoms. The van der Waals surface area contributed by atoms with E-state index < -0.39 is 24.0 Å². The maximum Gasteiger partial charge on any atom is 0.306 e. The maximum atomic E-state index is 13.2. The van der Waals surface area contributed by atoms with Crippen molar-refractivity contribution in [3.63, 3.8) is 0 Å². The zero-order valence-corrected chi connectivity index (χ0v) is 18.7. The van der Waals surface area contributed by atoms with Gasteiger partial charge in [0.15, 0.2) is 6.21 Å². The van der Waals surface area contributed by atoms with E-state index in [1.54, 1.807) is 29.1 Å². The van der Waals surface area contributed by atoms with Gasteiger partial charge >= 0.3 is 5.97 Å². The molecular formula is C25H31N4O4+. The van der Waals surface area contributed by atoms with Crippen molar-refractivity contribution in [3.8, 4) is 0 Å². The summed E-state index contributed by atoms with van der Waals surface area (Å²) in [5, 5.41) is 15.2. The molecule has 0 radical (unpaired) electrons. The van der Waals surface area contributed by atoms with Crippen molar-refractivity contribution in [1.29, 1.82) is 0 Å². The van der Waals surface area contributed by atoms with Crippen LogP contribution in [0.4, 0.5) is 5.69 Å². The van der Waals surface area contributed by atoms with Crippen LogP contribution in [0.3, 0.4) is 0 Å². The average Bonchev–Trinajstić information content (AvgIpc) is 3.44. The number of carboxylic acids is 1. The van der Waals surface area contributed by atoms with Gasteiger partial charge in [-0.25, -0.2) is 4.58 Å². The Kier molecular flexibility index (Phi) is 7.22. The number of hydrogen-bond donors (Lipinski definition) is 3. The van der Waals surface area contributed by atoms with Gasteiger partial charge in [0.1, 0.15) is 18.6 Å². The molecule has 3 N–H and O–H groups in total. The molecule has 2 aromatic rings. The highest BCUT2D eigenvalue weighted by atomic mass is 16.4. The van der Waals surface area contributed by atoms with E-state index >= 15 is 0 Å². The molecule has 1 aromatic heterocycles. The van der Waals surface area contributed by atoms with E-state index in [4.69, 9.17) is 0 Å². The molecule has 2 bridgehead atoms. The molecule has 2 aliphatic heterocycles. The van der Waals surface area contributed by atoms with Crippen LogP contribution in [0.15, 0.2) is 48.8 Å². The second-order valence-corrected chi connectivity index (χ2v) is 8.75. The Labute approximate surface area is 193 Å². The second-order valence-electron chi connectivity index (χ2n) is 8.75. The number of aromatic nitrogens is 1. The molecule has 4 rings (SSSR count). The van der Waals surface area contributed by atoms with Crippen molar-refractivity contribution in [1.82, 2.24) is 15.2 Å². The lowest BCUT2D eigenvalue weighted by Gasteiger charge is -2.23. The molecular weight excluding hydrogens is 420 g/mol. The maximum absolute atomic E-state index is 13.2. The Hall–Kier alpha value is -3.42. The predicted octanol–water partition coefficient (Wildman–Crippen LogP) is 2.58. The summed E-state index contributed by atoms with van der Waals surface area (Å²) in [6, 6.07) is 9.98. The third-order valence-electron chi connectivity index (χ3n) is 6.41. The van der Waals surface area contributed by atoms with E-state index in [2.05, 4.69) is 33.6 Å². The van der Waals surface area contributed by atoms with Crippen molar-refractivity contribution in [2.24, 2.45) is 0 Å². The van der Waals surface area contributed by atoms with Crippen molar-refractivity contribution in [2.75, 3.05) is 13.1 Å². The molecule has 3 atom stereocenters. The van der Waals surface area contributed by atoms with Gasteiger partial charge in [0, 0.05) is 37.0 Å². The number of carbonyl (C=O) groups excluding carboxylic acids is 2. The van der Waals surface area contributed by atoms with Crippen LogP contribution in [0, 0.1) is 0 Å². The zero-order chi connectivity index (χ0) is 23.2. The number of amides is 2. The Morgan fingerprint density at radius 2 is 1.88 bits per heavy atom. The summed E-state index contributed by atoms with van der Waals surface area (Å²) in [5.74, 6) is -1.78. The van der Waals surface area contributed by atoms with E-state index in [1.807, 2.05) is 12.1 Å². The smallest absolute Gasteiger partial charge is 0.306 e. The van der Waals surface area contributed by atoms with Gasteiger partial charge in [0.05, 0.1) is 12.3 Å². The average molecular weight is 452 g/mol. The highest BCUT2D eigenvalue weighted by Crippen LogP contribution is 2.34. The number of benzene rings is 1. The van der Waals surface area contributed by atoms with Gasteiger partial charge in [-0.2, -0.15) is 0 Å². The fourth-order valence-electron chi connectivity index (χ4n) is 4.73. The number of para-hydroxylation sites is 1. The van der Waals surface area contributed by atoms with Crippen molar-refractivity contribution >= 4 is 29.7 Å². The first-order valence-corrected chi connectivity index (χ1v) is 11.7. The molecule has 2 aliphatic rings. The number of rotatable bonds is 5. The SMILES string of the molecule is O=C(O)C[C@H](C(=O)N[C@H]1CC2C=[N+](CCCCCCNC1=O)c1ccccc12)n1cccc1. The van der Waals surface area contributed by atoms with Gasteiger partial charge in [-0.1, -0.05) is 24.6 Å². The number of carboxylic acid groups (broad SMARTS) is 1. The minimum Gasteiger partial charge on any atom is -0.481 e. The van der Waals surface area contributed by atoms with Crippen LogP contribution in [-0.2, 0) is 14.4 Å². The highest BCUT2D eigenvalue weighted by Gasteiger charge is 2.35. The predicted molar refractivity (Wildman–Crippen MR) is 124 cm³/mol. The van der Waals surface area contributed by atoms with Crippen LogP contribution in [0.2, 0.25) is 0 Å². The normalized spacial score (nSPS) is 21.9. The number of nitrogens with one attached hydrogen (secondary N) is 2. The van der Waals surface area contributed by atoms with Crippen molar-refractivity contribution in [3.05, 3.63) is 54.4 Å². The summed E-state index contributed by atoms with van der Waals surface area (Å²) >= 11 is 0. The minimum atomic E-state index is -1.07. The van der Waals surface area contributed by atoms with Crippen molar-refractivity contribution in [2.45, 2.75) is 56.5 Å². The fourth-order valence-corrected chi connectivity index (χ4v) is 4.73. The number of nitrogens with zero attached hydrogens (tertiary/aromatic N) is 2. The van der Waals surface area contributed by atoms with E-state index in [9.17, 15) is 19.5 Å². The summed E-state index contributed by atoms with van der Waals surface area (Å²) in [6.07, 6.45) is 9.65. The molecule has 1 aromatic carbocycles. The van der Waals surface area contributed by atoms with Crippen LogP contribution in [0.1, 0.15) is 56.0 Å². The summed E-state index contributed by atoms with van der Waals surface area (Å²) in [6.45, 7) is 1.50. The van der Waals surface area contributed by atoms with Gasteiger partial charge in [-0.05, 0) is 31.4 Å². The molecule has 0 saturated heterocycles. The van der Waals surface area contributed by atoms with Crippen LogP contribution in [-0.4, -0.2) is 57.4 Å². The summed E-state index contributed by atoms with van der Waals surface area (Å²) in [7, 11) is 0. The van der Waals surface area contributed by atoms with E-state index in [-0.39, 0.29) is 18.2 Å². The Bertz CT molecular complexity index is 1030. The van der Waals surface area contributed by atoms with E-state index in [0.717, 1.165) is 43.5 Å². The van der Waals surface area contributed by atoms with Gasteiger partial charge < -0.3 is 20.3 Å². The van der Waals surface area contributed by atoms with Crippen LogP contribution >= 0.6 is 0 Å². The Morgan fingerprint density at radius 1 is 1.12 bits per heavy atom. The molecule has 0 spiro atoms. The van der Waals surface area contributed by atoms with Crippen molar-refractivity contribution < 1.29 is 24.1 Å². The molecule has 33 heavy (non-hydrogen) atoms. The first-order chi connectivity index (χ1) is 16.0. The molecule has 0 saturated carbocycles. The monoisotopic (exact) mass is 451 g/mol. The summed E-state index contributed by atoms with van der Waals surface area (Å²) in [5.41, 5.74) is 2.30. The van der Waals surface area contributed by atoms with Gasteiger partial charge in [0.25, 0.3) is 0 Å². The Morgan fingerprint density at radius 3 is 2.67 bits per heavy atom. The van der Waals surface area contributed by atoms with Crippen LogP contribution in [0.25, 0.3) is 0 Å². The summed E-state index contributed by atoms with van der Waals surface area (Å²) < 4.78 is 3.83. The quantitative estimate of drug-likeness (QED) is 0.608. The first kappa shape index (κ1) is 22.8. The highest BCUT2D eigenvalue weighted by molar-refractivity contribution is 5.91. The topological polar surface area (TPSA) is 103 Å². The minimum absolute atomic E-state index is 0.0116. The molecule has 174 valence electrons. The Balaban J connectivity index is 1.59. The molecule has 0 fully saturated rings. The first-order valence-electron chi connectivity index (χ1n) is 11.7. The number of fused-ring (bicyclic) bond motifs is 4. The molecule has 8 nitrogen and oxygen atoms in total. The van der Waals surface area contributed by atoms with Crippen LogP contribution < -0.4 is 10.6 Å². The molecule has 3 heterocycles. The molecule has 2 amide bonds. The standard InChI is InChI=1S/C25H30N4O4/c30-23(31)16-22(28-12-7-8-13-28)25(33)27-20-15-18-17-29(21-10-4-3-9-19(18)21)14-6-2-1-5-11-26-24(20)32/h3-4,7-10,12-13,17-18,20,22H,1-2,5-6,11,14-16H2,(H2-,26,27,30,31,32,33)/p+1/t18?,20-,22+/m0/s1. The molecule has 1 unspecified atom stereocenters. The van der Waals surface area contributed by atoms with Gasteiger partial charge in [0.2, 0.25) is 17.5 Å². The lowest BCUT2D eigenvalue weighted by molar-refractivity contribution is -0.433. The largest absolute Gasteiger partial charge is 0.481 e. The molecule has 0 aliphatic carbocycles. The summed E-state index contributed by atoms with van der Waals surface area (Å²) in [4.78, 5) is 37.7. The zero-order valence-electron chi connectivity index (χ0n) is 18.7. The second kappa shape index (κ2) is 10.5. The lowest BCUT2D eigenvalue weighted by Crippen LogP contribution is -2.49. The third kappa shape index (κ3) is 5.50. The fraction of sp³-hybridized carbons (Fsp3) is 0.440. The van der Waals surface area contributed by atoms with Gasteiger partial charge in [-0.3, -0.25) is 14.4 Å². The van der Waals surface area contributed by atoms with E-state index in [0.29, 0.717) is 13.0 Å². The lowest BCUT2D eigenvalue weighted by atomic mass is 9.93. The third-order valence-corrected chi connectivity index (χ3v) is 6.41. The number of carbonyl (C=O) groups is 3. The number of aliphatic carboxylic acids is 1.